The average Bonchev–Trinajstić information content (AvgIpc) is 1.78. The number of benzene rings is 1. The quantitative estimate of drug-likeness (QED) is 0.0175. The number of carboxylic acids is 1. The molecule has 32 heteroatoms. The zero-order chi connectivity index (χ0) is 67.8. The zero-order valence-electron chi connectivity index (χ0n) is 53.1. The fraction of sp³-hybridized carbons (Fsp3) is 0.655. The first-order chi connectivity index (χ1) is 42.3. The Kier molecular flexibility index (Phi) is 34.9. The van der Waals surface area contributed by atoms with Crippen molar-refractivity contribution in [3.63, 3.8) is 0 Å². The van der Waals surface area contributed by atoms with Crippen LogP contribution in [0.5, 0.6) is 0 Å². The third-order valence-corrected chi connectivity index (χ3v) is 14.9. The molecule has 0 bridgehead atoms. The van der Waals surface area contributed by atoms with Gasteiger partial charge in [0.1, 0.15) is 54.4 Å². The minimum absolute atomic E-state index is 0.0106. The van der Waals surface area contributed by atoms with Gasteiger partial charge in [0.15, 0.2) is 11.9 Å². The molecule has 0 aromatic heterocycles. The highest BCUT2D eigenvalue weighted by Crippen LogP contribution is 2.19. The molecule has 31 nitrogen and oxygen atoms in total. The van der Waals surface area contributed by atoms with E-state index in [1.54, 1.807) is 50.4 Å². The van der Waals surface area contributed by atoms with Crippen molar-refractivity contribution in [1.82, 2.24) is 68.7 Å². The summed E-state index contributed by atoms with van der Waals surface area (Å²) in [4.78, 5) is 163. The maximum absolute atomic E-state index is 14.3. The third-order valence-electron chi connectivity index (χ3n) is 14.2. The molecule has 0 spiro atoms. The summed E-state index contributed by atoms with van der Waals surface area (Å²) in [7, 11) is 0. The predicted molar refractivity (Wildman–Crippen MR) is 338 cm³/mol. The van der Waals surface area contributed by atoms with Crippen LogP contribution in [-0.2, 0) is 64.0 Å². The summed E-state index contributed by atoms with van der Waals surface area (Å²) < 4.78 is 0. The normalized spacial score (nSPS) is 15.8. The minimum Gasteiger partial charge on any atom is -0.480 e. The molecule has 504 valence electrons. The van der Waals surface area contributed by atoms with Gasteiger partial charge in [0.05, 0.1) is 19.1 Å². The van der Waals surface area contributed by atoms with Gasteiger partial charge in [-0.1, -0.05) is 71.9 Å². The average molecular weight is 1290 g/mol. The third kappa shape index (κ3) is 29.4. The molecule has 1 aromatic rings. The number of amides is 11. The molecule has 0 aliphatic carbocycles. The van der Waals surface area contributed by atoms with Crippen molar-refractivity contribution in [2.24, 2.45) is 35.0 Å². The Bertz CT molecular complexity index is 2620. The van der Waals surface area contributed by atoms with Crippen molar-refractivity contribution in [3.8, 4) is 0 Å². The molecule has 0 unspecified atom stereocenters. The van der Waals surface area contributed by atoms with Crippen LogP contribution in [0.4, 0.5) is 0 Å². The Morgan fingerprint density at radius 1 is 0.567 bits per heavy atom. The zero-order valence-corrected chi connectivity index (χ0v) is 54.0. The van der Waals surface area contributed by atoms with Crippen molar-refractivity contribution in [1.29, 1.82) is 10.8 Å². The monoisotopic (exact) mass is 1290 g/mol. The minimum atomic E-state index is -1.29. The molecule has 1 saturated heterocycles. The first-order valence-electron chi connectivity index (χ1n) is 30.3. The van der Waals surface area contributed by atoms with Crippen LogP contribution in [0.3, 0.4) is 0 Å². The lowest BCUT2D eigenvalue weighted by molar-refractivity contribution is -0.149. The number of nitrogens with zero attached hydrogens (tertiary/aromatic N) is 1. The molecule has 0 saturated carbocycles. The van der Waals surface area contributed by atoms with Crippen molar-refractivity contribution in [3.05, 3.63) is 35.9 Å². The van der Waals surface area contributed by atoms with Crippen molar-refractivity contribution in [2.45, 2.75) is 180 Å². The van der Waals surface area contributed by atoms with Crippen LogP contribution >= 0.6 is 11.8 Å². The number of hydrogen-bond donors (Lipinski definition) is 18. The van der Waals surface area contributed by atoms with Crippen LogP contribution in [0.25, 0.3) is 0 Å². The lowest BCUT2D eigenvalue weighted by atomic mass is 9.99. The van der Waals surface area contributed by atoms with Gasteiger partial charge in [0.25, 0.3) is 0 Å². The second-order valence-corrected chi connectivity index (χ2v) is 24.4. The van der Waals surface area contributed by atoms with E-state index >= 15 is 0 Å². The van der Waals surface area contributed by atoms with Crippen LogP contribution in [0.2, 0.25) is 0 Å². The van der Waals surface area contributed by atoms with E-state index in [4.69, 9.17) is 28.0 Å². The number of carbonyl (C=O) groups excluding carboxylic acids is 11. The molecule has 2 rings (SSSR count). The summed E-state index contributed by atoms with van der Waals surface area (Å²) in [6, 6.07) is -3.31. The fourth-order valence-corrected chi connectivity index (χ4v) is 9.88. The van der Waals surface area contributed by atoms with E-state index in [0.717, 1.165) is 0 Å². The smallest absolute Gasteiger partial charge is 0.326 e. The Hall–Kier alpha value is -8.29. The van der Waals surface area contributed by atoms with Gasteiger partial charge in [-0.05, 0) is 107 Å². The van der Waals surface area contributed by atoms with Gasteiger partial charge in [-0.3, -0.25) is 63.6 Å². The lowest BCUT2D eigenvalue weighted by Crippen LogP contribution is -2.61. The van der Waals surface area contributed by atoms with Crippen LogP contribution in [0.1, 0.15) is 119 Å². The molecule has 10 atom stereocenters. The SMILES string of the molecule is CSCC[C@H](NC(=O)[C@H](C)NC(=O)[C@H](CC(C)C)NC(=O)[C@H](CC(C)C)NC(=O)[C@H](Cc1ccccc1)NC(=O)CNC(=O)CNC(=O)[C@@H](N)CCCNC(=N)N)C(=O)N[C@H](C(=O)N[C@@H](CCCNC(=N)N)C(=O)N[C@@H](C)C(=O)N1CCC[C@H]1C(=O)O)C(C)C. The van der Waals surface area contributed by atoms with E-state index in [-0.39, 0.29) is 88.2 Å². The number of guanidine groups is 2. The summed E-state index contributed by atoms with van der Waals surface area (Å²) in [5, 5.41) is 55.7. The van der Waals surface area contributed by atoms with Gasteiger partial charge < -0.3 is 91.0 Å². The number of aliphatic carboxylic acids is 1. The Labute approximate surface area is 530 Å². The summed E-state index contributed by atoms with van der Waals surface area (Å²) in [6.45, 7) is 12.9. The second kappa shape index (κ2) is 40.4. The number of likely N-dealkylation sites (tertiary alicyclic amines) is 1. The molecular weight excluding hydrogens is 1190 g/mol. The number of thioether (sulfide) groups is 1. The Balaban J connectivity index is 2.24. The first kappa shape index (κ1) is 77.8. The van der Waals surface area contributed by atoms with Gasteiger partial charge in [-0.15, -0.1) is 0 Å². The van der Waals surface area contributed by atoms with Crippen molar-refractivity contribution < 1.29 is 62.6 Å². The van der Waals surface area contributed by atoms with Crippen LogP contribution in [0, 0.1) is 28.6 Å². The Morgan fingerprint density at radius 2 is 1.06 bits per heavy atom. The maximum Gasteiger partial charge on any atom is 0.326 e. The molecule has 1 aliphatic heterocycles. The fourth-order valence-electron chi connectivity index (χ4n) is 9.41. The van der Waals surface area contributed by atoms with E-state index in [0.29, 0.717) is 30.7 Å². The second-order valence-electron chi connectivity index (χ2n) is 23.4. The van der Waals surface area contributed by atoms with Crippen LogP contribution in [-0.4, -0.2) is 198 Å². The van der Waals surface area contributed by atoms with E-state index < -0.39 is 150 Å². The largest absolute Gasteiger partial charge is 0.480 e. The maximum atomic E-state index is 14.3. The lowest BCUT2D eigenvalue weighted by Gasteiger charge is -2.29. The van der Waals surface area contributed by atoms with Gasteiger partial charge in [0, 0.05) is 26.1 Å². The molecule has 90 heavy (non-hydrogen) atoms. The van der Waals surface area contributed by atoms with E-state index in [1.807, 2.05) is 27.7 Å². The molecule has 0 radical (unpaired) electrons. The van der Waals surface area contributed by atoms with Crippen LogP contribution in [0.15, 0.2) is 30.3 Å². The van der Waals surface area contributed by atoms with Gasteiger partial charge in [0.2, 0.25) is 65.0 Å². The predicted octanol–water partition coefficient (Wildman–Crippen LogP) is -3.19. The highest BCUT2D eigenvalue weighted by molar-refractivity contribution is 7.98. The molecule has 1 aliphatic rings. The van der Waals surface area contributed by atoms with Gasteiger partial charge in [-0.2, -0.15) is 11.8 Å². The van der Waals surface area contributed by atoms with E-state index in [2.05, 4.69) is 63.8 Å². The molecule has 1 fully saturated rings. The Morgan fingerprint density at radius 3 is 1.60 bits per heavy atom. The van der Waals surface area contributed by atoms with E-state index in [9.17, 15) is 62.6 Å². The van der Waals surface area contributed by atoms with Crippen LogP contribution < -0.4 is 81.0 Å². The van der Waals surface area contributed by atoms with Gasteiger partial charge >= 0.3 is 5.97 Å². The summed E-state index contributed by atoms with van der Waals surface area (Å²) >= 11 is 1.37. The number of nitrogens with one attached hydrogen (secondary N) is 14. The highest BCUT2D eigenvalue weighted by Gasteiger charge is 2.39. The number of carboxylic acid groups (broad SMARTS) is 1. The van der Waals surface area contributed by atoms with Crippen molar-refractivity contribution >= 4 is 94.6 Å². The topological polar surface area (TPSA) is 498 Å². The highest BCUT2D eigenvalue weighted by atomic mass is 32.2. The number of carbonyl (C=O) groups is 12. The van der Waals surface area contributed by atoms with Gasteiger partial charge in [-0.25, -0.2) is 4.79 Å². The number of hydrogen-bond acceptors (Lipinski definition) is 16. The van der Waals surface area contributed by atoms with E-state index in [1.165, 1.54) is 30.5 Å². The molecule has 1 aromatic carbocycles. The first-order valence-corrected chi connectivity index (χ1v) is 31.7. The molecule has 11 amide bonds. The summed E-state index contributed by atoms with van der Waals surface area (Å²) in [5.41, 5.74) is 17.2. The molecule has 21 N–H and O–H groups in total. The number of rotatable bonds is 40. The van der Waals surface area contributed by atoms with Crippen molar-refractivity contribution in [2.75, 3.05) is 44.7 Å². The summed E-state index contributed by atoms with van der Waals surface area (Å²) in [6.07, 6.45) is 3.59. The molecule has 1 heterocycles. The standard InChI is InChI=1S/C58H98N18O13S/c1-31(2)26-40(73-52(84)41(27-32(3)4)74-53(85)42(28-36-16-11-10-12-17-36)70-45(78)30-66-44(77)29-67-48(80)37(59)18-13-22-64-57(60)61)51(83)68-34(7)47(79)71-39(21-25-90-9)50(82)75-46(33(5)6)54(86)72-38(19-14-23-65-58(62)63)49(81)69-35(8)55(87)76-24-15-20-43(76)56(88)89/h10-12,16-17,31-35,37-43,46H,13-15,18-30,59H2,1-9H3,(H,66,77)(H,67,80)(H,68,83)(H,69,81)(H,70,78)(H,71,79)(H,72,86)(H,73,84)(H,74,85)(H,75,82)(H,88,89)(H4,60,61,64)(H4,62,63,65)/t34-,35-,37-,38-,39-,40-,41-,42-,43-,46-/m0/s1. The number of nitrogens with two attached hydrogens (primary N) is 3. The molecular formula is C58H98N18O13S. The summed E-state index contributed by atoms with van der Waals surface area (Å²) in [5.74, 6) is -10.4.